The summed E-state index contributed by atoms with van der Waals surface area (Å²) in [6, 6.07) is 6.35. The number of thiazole rings is 1. The van der Waals surface area contributed by atoms with Gasteiger partial charge in [-0.1, -0.05) is 6.07 Å². The Morgan fingerprint density at radius 3 is 3.25 bits per heavy atom. The molecule has 1 aromatic heterocycles. The third-order valence-corrected chi connectivity index (χ3v) is 4.58. The molecule has 2 aromatic rings. The van der Waals surface area contributed by atoms with Gasteiger partial charge in [0, 0.05) is 24.7 Å². The number of nitrogens with zero attached hydrogens (tertiary/aromatic N) is 3. The number of aromatic nitrogens is 1. The molecule has 2 heterocycles. The third-order valence-electron chi connectivity index (χ3n) is 3.79. The Balaban J connectivity index is 1.57. The van der Waals surface area contributed by atoms with Crippen LogP contribution in [0, 0.1) is 0 Å². The van der Waals surface area contributed by atoms with Crippen LogP contribution in [0.3, 0.4) is 0 Å². The van der Waals surface area contributed by atoms with Crippen molar-refractivity contribution in [1.82, 2.24) is 4.98 Å². The summed E-state index contributed by atoms with van der Waals surface area (Å²) in [7, 11) is 2.11. The molecule has 0 aliphatic carbocycles. The number of carbonyl (C=O) groups is 1. The molecule has 0 saturated carbocycles. The molecular formula is C17H20N4O2S. The van der Waals surface area contributed by atoms with Gasteiger partial charge in [0.25, 0.3) is 0 Å². The first kappa shape index (κ1) is 16.4. The normalized spacial score (nSPS) is 13.3. The van der Waals surface area contributed by atoms with Crippen molar-refractivity contribution < 1.29 is 9.53 Å². The van der Waals surface area contributed by atoms with E-state index >= 15 is 0 Å². The number of esters is 1. The number of fused-ring (bicyclic) bond motifs is 1. The molecule has 1 N–H and O–H groups in total. The summed E-state index contributed by atoms with van der Waals surface area (Å²) in [6.07, 6.45) is 3.05. The van der Waals surface area contributed by atoms with Gasteiger partial charge in [0.05, 0.1) is 24.9 Å². The van der Waals surface area contributed by atoms with Gasteiger partial charge in [-0.25, -0.2) is 4.98 Å². The quantitative estimate of drug-likeness (QED) is 0.496. The predicted molar refractivity (Wildman–Crippen MR) is 97.1 cm³/mol. The fraction of sp³-hybridized carbons (Fsp3) is 0.353. The number of hydrazone groups is 1. The highest BCUT2D eigenvalue weighted by molar-refractivity contribution is 7.13. The van der Waals surface area contributed by atoms with Crippen LogP contribution in [0.15, 0.2) is 28.7 Å². The van der Waals surface area contributed by atoms with E-state index in [1.54, 1.807) is 13.1 Å². The number of anilines is 2. The van der Waals surface area contributed by atoms with Crippen LogP contribution in [0.25, 0.3) is 0 Å². The highest BCUT2D eigenvalue weighted by Crippen LogP contribution is 2.26. The zero-order valence-electron chi connectivity index (χ0n) is 13.8. The van der Waals surface area contributed by atoms with E-state index in [2.05, 4.69) is 45.7 Å². The average molecular weight is 344 g/mol. The SMILES string of the molecule is CCOC(=O)Cc1csc(NN=Cc2ccc3c(c2)CCN3C)n1. The first-order chi connectivity index (χ1) is 11.7. The van der Waals surface area contributed by atoms with E-state index in [9.17, 15) is 4.79 Å². The smallest absolute Gasteiger partial charge is 0.311 e. The van der Waals surface area contributed by atoms with Crippen molar-refractivity contribution in [3.05, 3.63) is 40.4 Å². The van der Waals surface area contributed by atoms with Crippen molar-refractivity contribution in [1.29, 1.82) is 0 Å². The molecule has 0 saturated heterocycles. The molecule has 0 bridgehead atoms. The molecule has 0 radical (unpaired) electrons. The fourth-order valence-electron chi connectivity index (χ4n) is 2.63. The second-order valence-electron chi connectivity index (χ2n) is 5.56. The maximum absolute atomic E-state index is 11.4. The second kappa shape index (κ2) is 7.44. The van der Waals surface area contributed by atoms with Gasteiger partial charge >= 0.3 is 5.97 Å². The van der Waals surface area contributed by atoms with E-state index in [4.69, 9.17) is 4.74 Å². The lowest BCUT2D eigenvalue weighted by Crippen LogP contribution is -2.12. The van der Waals surface area contributed by atoms with Crippen LogP contribution >= 0.6 is 11.3 Å². The molecule has 1 aliphatic heterocycles. The summed E-state index contributed by atoms with van der Waals surface area (Å²) in [5.74, 6) is -0.263. The van der Waals surface area contributed by atoms with Crippen LogP contribution in [0.4, 0.5) is 10.8 Å². The molecule has 6 nitrogen and oxygen atoms in total. The Kier molecular flexibility index (Phi) is 5.10. The maximum atomic E-state index is 11.4. The minimum atomic E-state index is -0.263. The first-order valence-corrected chi connectivity index (χ1v) is 8.77. The lowest BCUT2D eigenvalue weighted by Gasteiger charge is -2.11. The number of ether oxygens (including phenoxy) is 1. The van der Waals surface area contributed by atoms with Gasteiger partial charge < -0.3 is 9.64 Å². The lowest BCUT2D eigenvalue weighted by atomic mass is 10.1. The molecule has 1 aliphatic rings. The molecule has 0 unspecified atom stereocenters. The predicted octanol–water partition coefficient (Wildman–Crippen LogP) is 2.69. The van der Waals surface area contributed by atoms with E-state index in [1.807, 2.05) is 5.38 Å². The Morgan fingerprint density at radius 2 is 2.42 bits per heavy atom. The van der Waals surface area contributed by atoms with Gasteiger partial charge in [-0.05, 0) is 36.6 Å². The number of hydrogen-bond acceptors (Lipinski definition) is 7. The Labute approximate surface area is 145 Å². The minimum absolute atomic E-state index is 0.189. The van der Waals surface area contributed by atoms with E-state index in [-0.39, 0.29) is 12.4 Å². The molecule has 7 heteroatoms. The van der Waals surface area contributed by atoms with Crippen LogP contribution < -0.4 is 10.3 Å². The zero-order chi connectivity index (χ0) is 16.9. The molecular weight excluding hydrogens is 324 g/mol. The Morgan fingerprint density at radius 1 is 1.54 bits per heavy atom. The lowest BCUT2D eigenvalue weighted by molar-refractivity contribution is -0.142. The molecule has 0 fully saturated rings. The first-order valence-electron chi connectivity index (χ1n) is 7.89. The maximum Gasteiger partial charge on any atom is 0.311 e. The highest BCUT2D eigenvalue weighted by Gasteiger charge is 2.15. The molecule has 0 spiro atoms. The van der Waals surface area contributed by atoms with E-state index in [1.165, 1.54) is 22.6 Å². The number of carbonyl (C=O) groups excluding carboxylic acids is 1. The van der Waals surface area contributed by atoms with Gasteiger partial charge in [-0.3, -0.25) is 10.2 Å². The van der Waals surface area contributed by atoms with Crippen molar-refractivity contribution in [2.45, 2.75) is 19.8 Å². The number of hydrogen-bond donors (Lipinski definition) is 1. The van der Waals surface area contributed by atoms with Crippen LogP contribution in [-0.4, -0.2) is 37.4 Å². The summed E-state index contributed by atoms with van der Waals surface area (Å²) >= 11 is 1.41. The Bertz CT molecular complexity index is 757. The standard InChI is InChI=1S/C17H20N4O2S/c1-3-23-16(22)9-14-11-24-17(19-14)20-18-10-12-4-5-15-13(8-12)6-7-21(15)2/h4-5,8,10-11H,3,6-7,9H2,1-2H3,(H,19,20). The largest absolute Gasteiger partial charge is 0.466 e. The molecule has 1 aromatic carbocycles. The van der Waals surface area contributed by atoms with Crippen molar-refractivity contribution in [2.24, 2.45) is 5.10 Å². The van der Waals surface area contributed by atoms with Crippen molar-refractivity contribution in [2.75, 3.05) is 30.5 Å². The summed E-state index contributed by atoms with van der Waals surface area (Å²) in [5, 5.41) is 6.72. The van der Waals surface area contributed by atoms with Crippen molar-refractivity contribution in [3.8, 4) is 0 Å². The van der Waals surface area contributed by atoms with Gasteiger partial charge in [-0.2, -0.15) is 5.10 Å². The Hall–Kier alpha value is -2.41. The summed E-state index contributed by atoms with van der Waals surface area (Å²) < 4.78 is 4.91. The number of benzene rings is 1. The zero-order valence-corrected chi connectivity index (χ0v) is 14.6. The van der Waals surface area contributed by atoms with Gasteiger partial charge in [-0.15, -0.1) is 11.3 Å². The topological polar surface area (TPSA) is 66.8 Å². The molecule has 0 amide bonds. The number of rotatable bonds is 6. The van der Waals surface area contributed by atoms with Crippen LogP contribution in [0.1, 0.15) is 23.7 Å². The van der Waals surface area contributed by atoms with Crippen molar-refractivity contribution >= 4 is 34.3 Å². The van der Waals surface area contributed by atoms with E-state index in [0.717, 1.165) is 18.5 Å². The highest BCUT2D eigenvalue weighted by atomic mass is 32.1. The molecule has 0 atom stereocenters. The summed E-state index contributed by atoms with van der Waals surface area (Å²) in [4.78, 5) is 18.0. The van der Waals surface area contributed by atoms with Crippen LogP contribution in [-0.2, 0) is 22.4 Å². The molecule has 3 rings (SSSR count). The molecule has 126 valence electrons. The van der Waals surface area contributed by atoms with Gasteiger partial charge in [0.15, 0.2) is 0 Å². The second-order valence-corrected chi connectivity index (χ2v) is 6.41. The monoisotopic (exact) mass is 344 g/mol. The van der Waals surface area contributed by atoms with Gasteiger partial charge in [0.2, 0.25) is 5.13 Å². The van der Waals surface area contributed by atoms with E-state index < -0.39 is 0 Å². The fourth-order valence-corrected chi connectivity index (χ4v) is 3.29. The van der Waals surface area contributed by atoms with Gasteiger partial charge in [0.1, 0.15) is 0 Å². The van der Waals surface area contributed by atoms with E-state index in [0.29, 0.717) is 17.4 Å². The summed E-state index contributed by atoms with van der Waals surface area (Å²) in [5.41, 5.74) is 7.31. The number of nitrogens with one attached hydrogen (secondary N) is 1. The van der Waals surface area contributed by atoms with Crippen LogP contribution in [0.2, 0.25) is 0 Å². The third kappa shape index (κ3) is 3.91. The summed E-state index contributed by atoms with van der Waals surface area (Å²) in [6.45, 7) is 3.24. The number of likely N-dealkylation sites (N-methyl/N-ethyl adjacent to an activating group) is 1. The average Bonchev–Trinajstić information content (AvgIpc) is 3.15. The molecule has 24 heavy (non-hydrogen) atoms. The minimum Gasteiger partial charge on any atom is -0.466 e. The van der Waals surface area contributed by atoms with Crippen molar-refractivity contribution in [3.63, 3.8) is 0 Å². The van der Waals surface area contributed by atoms with Crippen LogP contribution in [0.5, 0.6) is 0 Å².